The highest BCUT2D eigenvalue weighted by molar-refractivity contribution is 6.33. The van der Waals surface area contributed by atoms with Crippen LogP contribution in [0.2, 0.25) is 5.02 Å². The lowest BCUT2D eigenvalue weighted by Gasteiger charge is -2.09. The number of ether oxygens (including phenoxy) is 1. The fourth-order valence-electron chi connectivity index (χ4n) is 1.59. The quantitative estimate of drug-likeness (QED) is 0.642. The van der Waals surface area contributed by atoms with Gasteiger partial charge in [0.05, 0.1) is 11.3 Å². The van der Waals surface area contributed by atoms with Crippen LogP contribution in [0.15, 0.2) is 53.5 Å². The summed E-state index contributed by atoms with van der Waals surface area (Å²) in [5.74, 6) is -2.56. The molecule has 1 N–H and O–H groups in total. The third kappa shape index (κ3) is 4.72. The molecule has 0 fully saturated rings. The predicted molar refractivity (Wildman–Crippen MR) is 78.3 cm³/mol. The van der Waals surface area contributed by atoms with Crippen LogP contribution in [-0.4, -0.2) is 17.0 Å². The first kappa shape index (κ1) is 16.8. The van der Waals surface area contributed by atoms with Gasteiger partial charge >= 0.3 is 18.0 Å². The molecule has 0 aromatic heterocycles. The molecule has 0 atom stereocenters. The fourth-order valence-corrected chi connectivity index (χ4v) is 1.72. The van der Waals surface area contributed by atoms with E-state index in [-0.39, 0.29) is 11.4 Å². The van der Waals surface area contributed by atoms with Gasteiger partial charge in [-0.05, 0) is 42.5 Å². The van der Waals surface area contributed by atoms with Gasteiger partial charge < -0.3 is 9.84 Å². The van der Waals surface area contributed by atoms with Crippen LogP contribution in [-0.2, 0) is 11.0 Å². The van der Waals surface area contributed by atoms with Gasteiger partial charge in [0.1, 0.15) is 5.75 Å². The van der Waals surface area contributed by atoms with Crippen molar-refractivity contribution in [1.82, 2.24) is 0 Å². The van der Waals surface area contributed by atoms with Crippen molar-refractivity contribution in [2.45, 2.75) is 6.18 Å². The van der Waals surface area contributed by atoms with Gasteiger partial charge in [-0.2, -0.15) is 13.2 Å². The number of carbonyl (C=O) groups is 1. The zero-order chi connectivity index (χ0) is 17.0. The number of aliphatic imine (C=N–C) groups is 1. The van der Waals surface area contributed by atoms with Crippen LogP contribution in [0, 0.1) is 0 Å². The lowest BCUT2D eigenvalue weighted by molar-refractivity contribution is -0.137. The molecule has 2 aromatic carbocycles. The third-order valence-electron chi connectivity index (χ3n) is 2.62. The summed E-state index contributed by atoms with van der Waals surface area (Å²) in [5, 5.41) is 9.51. The molecular formula is C15H9ClF3NO3. The van der Waals surface area contributed by atoms with Crippen LogP contribution in [0.3, 0.4) is 0 Å². The van der Waals surface area contributed by atoms with Gasteiger partial charge in [-0.3, -0.25) is 0 Å². The minimum absolute atomic E-state index is 0.235. The van der Waals surface area contributed by atoms with Crippen LogP contribution in [0.4, 0.5) is 18.9 Å². The van der Waals surface area contributed by atoms with E-state index in [1.165, 1.54) is 30.3 Å². The smallest absolute Gasteiger partial charge is 0.416 e. The molecule has 4 nitrogen and oxygen atoms in total. The Kier molecular flexibility index (Phi) is 4.90. The Morgan fingerprint density at radius 3 is 2.35 bits per heavy atom. The van der Waals surface area contributed by atoms with Crippen molar-refractivity contribution < 1.29 is 27.8 Å². The summed E-state index contributed by atoms with van der Waals surface area (Å²) in [7, 11) is 0. The Morgan fingerprint density at radius 1 is 1.13 bits per heavy atom. The number of aliphatic carboxylic acids is 1. The first-order chi connectivity index (χ1) is 10.8. The molecule has 120 valence electrons. The van der Waals surface area contributed by atoms with Crippen molar-refractivity contribution in [3.05, 3.63) is 59.1 Å². The molecule has 0 amide bonds. The summed E-state index contributed by atoms with van der Waals surface area (Å²) in [6, 6.07) is 9.73. The lowest BCUT2D eigenvalue weighted by atomic mass is 10.2. The second kappa shape index (κ2) is 6.70. The minimum Gasteiger partial charge on any atom is -0.474 e. The maximum absolute atomic E-state index is 12.6. The van der Waals surface area contributed by atoms with Crippen LogP contribution in [0.25, 0.3) is 0 Å². The summed E-state index contributed by atoms with van der Waals surface area (Å²) >= 11 is 5.70. The maximum atomic E-state index is 12.6. The van der Waals surface area contributed by atoms with Crippen molar-refractivity contribution >= 4 is 29.2 Å². The highest BCUT2D eigenvalue weighted by Crippen LogP contribution is 2.31. The zero-order valence-electron chi connectivity index (χ0n) is 11.3. The Hall–Kier alpha value is -2.54. The summed E-state index contributed by atoms with van der Waals surface area (Å²) in [6.07, 6.45) is -4.56. The van der Waals surface area contributed by atoms with E-state index in [1.54, 1.807) is 0 Å². The Morgan fingerprint density at radius 2 is 1.78 bits per heavy atom. The number of nitrogens with zero attached hydrogens (tertiary/aromatic N) is 1. The largest absolute Gasteiger partial charge is 0.474 e. The third-order valence-corrected chi connectivity index (χ3v) is 2.87. The number of carboxylic acids is 1. The van der Waals surface area contributed by atoms with Crippen LogP contribution in [0.5, 0.6) is 5.75 Å². The van der Waals surface area contributed by atoms with Crippen molar-refractivity contribution in [3.8, 4) is 5.75 Å². The first-order valence-corrected chi connectivity index (χ1v) is 6.56. The van der Waals surface area contributed by atoms with Gasteiger partial charge in [0.2, 0.25) is 0 Å². The van der Waals surface area contributed by atoms with E-state index in [9.17, 15) is 18.0 Å². The number of hydrogen-bond acceptors (Lipinski definition) is 3. The van der Waals surface area contributed by atoms with Gasteiger partial charge in [0, 0.05) is 5.02 Å². The van der Waals surface area contributed by atoms with Crippen LogP contribution in [0.1, 0.15) is 5.56 Å². The summed E-state index contributed by atoms with van der Waals surface area (Å²) < 4.78 is 42.9. The van der Waals surface area contributed by atoms with Crippen molar-refractivity contribution in [3.63, 3.8) is 0 Å². The maximum Gasteiger partial charge on any atom is 0.416 e. The molecule has 0 spiro atoms. The highest BCUT2D eigenvalue weighted by atomic mass is 35.5. The number of benzene rings is 2. The van der Waals surface area contributed by atoms with E-state index < -0.39 is 23.6 Å². The van der Waals surface area contributed by atoms with E-state index in [0.717, 1.165) is 12.1 Å². The zero-order valence-corrected chi connectivity index (χ0v) is 12.1. The topological polar surface area (TPSA) is 58.9 Å². The Balaban J connectivity index is 2.30. The van der Waals surface area contributed by atoms with Gasteiger partial charge in [0.25, 0.3) is 0 Å². The summed E-state index contributed by atoms with van der Waals surface area (Å²) in [6.45, 7) is 0. The Bertz CT molecular complexity index is 742. The molecule has 0 aliphatic rings. The highest BCUT2D eigenvalue weighted by Gasteiger charge is 2.30. The SMILES string of the molecule is O=C(O)C(=Nc1ccc(Cl)cc1)Oc1cccc(C(F)(F)F)c1. The number of hydrogen-bond donors (Lipinski definition) is 1. The number of rotatable bonds is 2. The van der Waals surface area contributed by atoms with E-state index >= 15 is 0 Å². The number of halogens is 4. The number of carboxylic acid groups (broad SMARTS) is 1. The normalized spacial score (nSPS) is 12.1. The van der Waals surface area contributed by atoms with Crippen LogP contribution >= 0.6 is 11.6 Å². The van der Waals surface area contributed by atoms with Gasteiger partial charge in [-0.15, -0.1) is 0 Å². The van der Waals surface area contributed by atoms with E-state index in [0.29, 0.717) is 11.1 Å². The number of alkyl halides is 3. The summed E-state index contributed by atoms with van der Waals surface area (Å²) in [4.78, 5) is 14.9. The standard InChI is InChI=1S/C15H9ClF3NO3/c16-10-4-6-11(7-5-10)20-13(14(21)22)23-12-3-1-2-9(8-12)15(17,18)19/h1-8H,(H,21,22). The second-order valence-electron chi connectivity index (χ2n) is 4.33. The molecule has 0 saturated carbocycles. The molecule has 0 saturated heterocycles. The van der Waals surface area contributed by atoms with E-state index in [1.807, 2.05) is 0 Å². The van der Waals surface area contributed by atoms with Crippen molar-refractivity contribution in [2.24, 2.45) is 4.99 Å². The molecule has 0 heterocycles. The molecule has 2 aromatic rings. The van der Waals surface area contributed by atoms with Crippen molar-refractivity contribution in [2.75, 3.05) is 0 Å². The van der Waals surface area contributed by atoms with Crippen LogP contribution < -0.4 is 4.74 Å². The van der Waals surface area contributed by atoms with E-state index in [2.05, 4.69) is 4.99 Å². The first-order valence-electron chi connectivity index (χ1n) is 6.18. The lowest BCUT2D eigenvalue weighted by Crippen LogP contribution is -2.20. The molecular weight excluding hydrogens is 335 g/mol. The van der Waals surface area contributed by atoms with Crippen molar-refractivity contribution in [1.29, 1.82) is 0 Å². The second-order valence-corrected chi connectivity index (χ2v) is 4.76. The van der Waals surface area contributed by atoms with Gasteiger partial charge in [0.15, 0.2) is 0 Å². The average molecular weight is 344 g/mol. The monoisotopic (exact) mass is 343 g/mol. The van der Waals surface area contributed by atoms with E-state index in [4.69, 9.17) is 21.4 Å². The minimum atomic E-state index is -4.56. The average Bonchev–Trinajstić information content (AvgIpc) is 2.48. The molecule has 0 unspecified atom stereocenters. The summed E-state index contributed by atoms with van der Waals surface area (Å²) in [5.41, 5.74) is -0.718. The molecule has 0 aliphatic heterocycles. The predicted octanol–water partition coefficient (Wildman–Crippen LogP) is 4.55. The molecule has 0 aliphatic carbocycles. The molecule has 8 heteroatoms. The van der Waals surface area contributed by atoms with Gasteiger partial charge in [-0.1, -0.05) is 17.7 Å². The molecule has 23 heavy (non-hydrogen) atoms. The Labute approximate surface area is 133 Å². The fraction of sp³-hybridized carbons (Fsp3) is 0.0667. The molecule has 0 radical (unpaired) electrons. The molecule has 0 bridgehead atoms. The molecule has 2 rings (SSSR count). The van der Waals surface area contributed by atoms with Gasteiger partial charge in [-0.25, -0.2) is 9.79 Å².